The maximum atomic E-state index is 12.3. The maximum Gasteiger partial charge on any atom is 0.234 e. The number of likely N-dealkylation sites (N-methyl/N-ethyl adjacent to an activating group) is 2. The summed E-state index contributed by atoms with van der Waals surface area (Å²) in [6, 6.07) is 15.0. The topological polar surface area (TPSA) is 32.8 Å². The highest BCUT2D eigenvalue weighted by atomic mass is 16.5. The van der Waals surface area contributed by atoms with Gasteiger partial charge < -0.3 is 9.64 Å². The summed E-state index contributed by atoms with van der Waals surface area (Å²) in [5.74, 6) is 0.889. The fraction of sp³-hybridized carbons (Fsp3) is 0.435. The standard InChI is InChI=1S/C23H28N2O2/c1-5-25(6-2)21-13-16-9-7-8-10-18(16)22(21)27-17-11-12-20-19(14-17)15(3)23(26)24(20)4/h7-12,14-15,21-22H,5-6,13H2,1-4H3/t15?,21-,22-/m1/s1. The molecule has 1 aliphatic carbocycles. The van der Waals surface area contributed by atoms with Crippen LogP contribution in [0.25, 0.3) is 0 Å². The van der Waals surface area contributed by atoms with Gasteiger partial charge in [-0.3, -0.25) is 9.69 Å². The Balaban J connectivity index is 1.67. The summed E-state index contributed by atoms with van der Waals surface area (Å²) in [5, 5.41) is 0. The average Bonchev–Trinajstić information content (AvgIpc) is 3.15. The number of carbonyl (C=O) groups is 1. The number of hydrogen-bond donors (Lipinski definition) is 0. The molecule has 0 saturated heterocycles. The second kappa shape index (κ2) is 7.01. The number of rotatable bonds is 5. The van der Waals surface area contributed by atoms with Gasteiger partial charge in [0.1, 0.15) is 11.9 Å². The maximum absolute atomic E-state index is 12.3. The van der Waals surface area contributed by atoms with Gasteiger partial charge in [0.2, 0.25) is 5.91 Å². The second-order valence-electron chi connectivity index (χ2n) is 7.57. The molecule has 4 nitrogen and oxygen atoms in total. The van der Waals surface area contributed by atoms with Crippen molar-refractivity contribution in [3.8, 4) is 5.75 Å². The molecule has 3 atom stereocenters. The van der Waals surface area contributed by atoms with Gasteiger partial charge in [0.05, 0.1) is 12.0 Å². The molecule has 2 aromatic carbocycles. The number of nitrogens with zero attached hydrogens (tertiary/aromatic N) is 2. The van der Waals surface area contributed by atoms with Crippen LogP contribution in [0.3, 0.4) is 0 Å². The van der Waals surface area contributed by atoms with Crippen LogP contribution in [-0.4, -0.2) is 37.0 Å². The van der Waals surface area contributed by atoms with Crippen LogP contribution in [0, 0.1) is 0 Å². The van der Waals surface area contributed by atoms with Gasteiger partial charge >= 0.3 is 0 Å². The number of fused-ring (bicyclic) bond motifs is 2. The summed E-state index contributed by atoms with van der Waals surface area (Å²) >= 11 is 0. The molecule has 0 spiro atoms. The summed E-state index contributed by atoms with van der Waals surface area (Å²) in [6.45, 7) is 8.41. The summed E-state index contributed by atoms with van der Waals surface area (Å²) in [5.41, 5.74) is 4.72. The molecule has 4 rings (SSSR count). The molecule has 0 N–H and O–H groups in total. The van der Waals surface area contributed by atoms with Crippen LogP contribution in [0.2, 0.25) is 0 Å². The van der Waals surface area contributed by atoms with Crippen LogP contribution < -0.4 is 9.64 Å². The summed E-state index contributed by atoms with van der Waals surface area (Å²) in [4.78, 5) is 16.5. The highest BCUT2D eigenvalue weighted by molar-refractivity contribution is 6.04. The van der Waals surface area contributed by atoms with E-state index in [0.29, 0.717) is 6.04 Å². The molecule has 4 heteroatoms. The van der Waals surface area contributed by atoms with Crippen molar-refractivity contribution in [1.29, 1.82) is 0 Å². The molecule has 142 valence electrons. The third kappa shape index (κ3) is 2.92. The predicted octanol–water partition coefficient (Wildman–Crippen LogP) is 4.15. The van der Waals surface area contributed by atoms with Crippen molar-refractivity contribution in [2.45, 2.75) is 45.3 Å². The molecule has 0 fully saturated rings. The van der Waals surface area contributed by atoms with E-state index in [-0.39, 0.29) is 17.9 Å². The van der Waals surface area contributed by atoms with E-state index in [2.05, 4.69) is 49.1 Å². The fourth-order valence-electron chi connectivity index (χ4n) is 4.64. The molecule has 1 heterocycles. The number of ether oxygens (including phenoxy) is 1. The van der Waals surface area contributed by atoms with Crippen molar-refractivity contribution in [1.82, 2.24) is 4.90 Å². The lowest BCUT2D eigenvalue weighted by Crippen LogP contribution is -2.39. The minimum absolute atomic E-state index is 0.0179. The first-order valence-corrected chi connectivity index (χ1v) is 9.95. The monoisotopic (exact) mass is 364 g/mol. The Labute approximate surface area is 161 Å². The normalized spacial score (nSPS) is 23.7. The number of benzene rings is 2. The first kappa shape index (κ1) is 18.1. The zero-order chi connectivity index (χ0) is 19.1. The molecule has 0 saturated carbocycles. The number of anilines is 1. The lowest BCUT2D eigenvalue weighted by Gasteiger charge is -2.31. The van der Waals surface area contributed by atoms with Crippen LogP contribution in [0.5, 0.6) is 5.75 Å². The lowest BCUT2D eigenvalue weighted by atomic mass is 10.0. The highest BCUT2D eigenvalue weighted by Gasteiger charge is 2.38. The molecule has 2 aliphatic rings. The average molecular weight is 364 g/mol. The van der Waals surface area contributed by atoms with Crippen molar-refractivity contribution in [2.24, 2.45) is 0 Å². The minimum atomic E-state index is -0.108. The Hall–Kier alpha value is -2.33. The van der Waals surface area contributed by atoms with E-state index in [1.54, 1.807) is 4.90 Å². The van der Waals surface area contributed by atoms with Gasteiger partial charge in [-0.2, -0.15) is 0 Å². The van der Waals surface area contributed by atoms with Gasteiger partial charge in [-0.05, 0) is 61.3 Å². The Bertz CT molecular complexity index is 859. The number of amides is 1. The van der Waals surface area contributed by atoms with E-state index in [4.69, 9.17) is 4.74 Å². The third-order valence-electron chi connectivity index (χ3n) is 6.21. The van der Waals surface area contributed by atoms with Crippen LogP contribution in [0.15, 0.2) is 42.5 Å². The smallest absolute Gasteiger partial charge is 0.234 e. The van der Waals surface area contributed by atoms with Crippen molar-refractivity contribution in [3.05, 3.63) is 59.2 Å². The Morgan fingerprint density at radius 1 is 1.11 bits per heavy atom. The highest BCUT2D eigenvalue weighted by Crippen LogP contribution is 2.42. The summed E-state index contributed by atoms with van der Waals surface area (Å²) < 4.78 is 6.57. The van der Waals surface area contributed by atoms with E-state index < -0.39 is 0 Å². The SMILES string of the molecule is CCN(CC)[C@@H]1Cc2ccccc2[C@H]1Oc1ccc2c(c1)C(C)C(=O)N2C. The molecular weight excluding hydrogens is 336 g/mol. The third-order valence-corrected chi connectivity index (χ3v) is 6.21. The Morgan fingerprint density at radius 2 is 1.85 bits per heavy atom. The second-order valence-corrected chi connectivity index (χ2v) is 7.57. The van der Waals surface area contributed by atoms with E-state index in [0.717, 1.165) is 36.5 Å². The van der Waals surface area contributed by atoms with Gasteiger partial charge in [0.15, 0.2) is 0 Å². The van der Waals surface area contributed by atoms with E-state index in [1.165, 1.54) is 11.1 Å². The minimum Gasteiger partial charge on any atom is -0.484 e. The molecule has 0 aromatic heterocycles. The van der Waals surface area contributed by atoms with Crippen molar-refractivity contribution < 1.29 is 9.53 Å². The fourth-order valence-corrected chi connectivity index (χ4v) is 4.64. The number of hydrogen-bond acceptors (Lipinski definition) is 3. The quantitative estimate of drug-likeness (QED) is 0.799. The van der Waals surface area contributed by atoms with Crippen molar-refractivity contribution in [3.63, 3.8) is 0 Å². The van der Waals surface area contributed by atoms with Gasteiger partial charge in [-0.25, -0.2) is 0 Å². The largest absolute Gasteiger partial charge is 0.484 e. The molecule has 1 amide bonds. The van der Waals surface area contributed by atoms with Crippen LogP contribution >= 0.6 is 0 Å². The first-order chi connectivity index (χ1) is 13.0. The zero-order valence-electron chi connectivity index (χ0n) is 16.6. The zero-order valence-corrected chi connectivity index (χ0v) is 16.6. The molecule has 0 radical (unpaired) electrons. The van der Waals surface area contributed by atoms with Gasteiger partial charge in [0.25, 0.3) is 0 Å². The molecule has 1 aliphatic heterocycles. The van der Waals surface area contributed by atoms with E-state index in [9.17, 15) is 4.79 Å². The van der Waals surface area contributed by atoms with Crippen molar-refractivity contribution in [2.75, 3.05) is 25.0 Å². The first-order valence-electron chi connectivity index (χ1n) is 9.95. The molecule has 1 unspecified atom stereocenters. The van der Waals surface area contributed by atoms with E-state index >= 15 is 0 Å². The predicted molar refractivity (Wildman–Crippen MR) is 108 cm³/mol. The summed E-state index contributed by atoms with van der Waals surface area (Å²) in [7, 11) is 1.84. The van der Waals surface area contributed by atoms with Crippen LogP contribution in [0.4, 0.5) is 5.69 Å². The van der Waals surface area contributed by atoms with Gasteiger partial charge in [-0.15, -0.1) is 0 Å². The molecular formula is C23H28N2O2. The lowest BCUT2D eigenvalue weighted by molar-refractivity contribution is -0.118. The molecule has 0 bridgehead atoms. The van der Waals surface area contributed by atoms with Crippen LogP contribution in [-0.2, 0) is 11.2 Å². The van der Waals surface area contributed by atoms with Gasteiger partial charge in [-0.1, -0.05) is 38.1 Å². The van der Waals surface area contributed by atoms with E-state index in [1.807, 2.05) is 26.1 Å². The van der Waals surface area contributed by atoms with Crippen LogP contribution in [0.1, 0.15) is 49.5 Å². The summed E-state index contributed by atoms with van der Waals surface area (Å²) in [6.07, 6.45) is 1.04. The van der Waals surface area contributed by atoms with Gasteiger partial charge in [0, 0.05) is 12.7 Å². The number of carbonyl (C=O) groups excluding carboxylic acids is 1. The molecule has 27 heavy (non-hydrogen) atoms. The molecule has 2 aromatic rings. The Kier molecular flexibility index (Phi) is 4.68. The van der Waals surface area contributed by atoms with Crippen molar-refractivity contribution >= 4 is 11.6 Å². The Morgan fingerprint density at radius 3 is 2.59 bits per heavy atom.